The molecule has 0 N–H and O–H groups in total. The molecule has 6 heteroatoms. The van der Waals surface area contributed by atoms with Crippen LogP contribution in [0.1, 0.15) is 51.0 Å². The highest BCUT2D eigenvalue weighted by Crippen LogP contribution is 2.26. The van der Waals surface area contributed by atoms with E-state index in [1.165, 1.54) is 6.08 Å². The van der Waals surface area contributed by atoms with Gasteiger partial charge in [0.15, 0.2) is 5.78 Å². The Hall–Kier alpha value is -3.33. The minimum atomic E-state index is -0.445. The van der Waals surface area contributed by atoms with Crippen LogP contribution < -0.4 is 0 Å². The van der Waals surface area contributed by atoms with E-state index >= 15 is 0 Å². The Bertz CT molecular complexity index is 887. The lowest BCUT2D eigenvalue weighted by atomic mass is 9.95. The lowest BCUT2D eigenvalue weighted by Gasteiger charge is -2.13. The third kappa shape index (κ3) is 7.30. The molecule has 0 heterocycles. The predicted molar refractivity (Wildman–Crippen MR) is 110 cm³/mol. The van der Waals surface area contributed by atoms with Gasteiger partial charge in [-0.3, -0.25) is 4.79 Å². The topological polar surface area (TPSA) is 91.9 Å². The summed E-state index contributed by atoms with van der Waals surface area (Å²) in [7, 11) is 0. The third-order valence-electron chi connectivity index (χ3n) is 4.39. The largest absolute Gasteiger partial charge is 0.462 e. The van der Waals surface area contributed by atoms with E-state index in [0.717, 1.165) is 25.7 Å². The van der Waals surface area contributed by atoms with Gasteiger partial charge < -0.3 is 4.74 Å². The molecule has 0 radical (unpaired) electrons. The first-order valence-corrected chi connectivity index (χ1v) is 9.73. The lowest BCUT2D eigenvalue weighted by molar-refractivity contribution is -0.139. The van der Waals surface area contributed by atoms with E-state index in [0.29, 0.717) is 34.7 Å². The number of carbonyl (C=O) groups excluding carboxylic acids is 2. The second-order valence-electron chi connectivity index (χ2n) is 6.80. The zero-order valence-corrected chi connectivity index (χ0v) is 16.7. The fraction of sp³-hybridized carbons (Fsp3) is 0.348. The van der Waals surface area contributed by atoms with Crippen molar-refractivity contribution in [3.05, 3.63) is 65.4 Å². The van der Waals surface area contributed by atoms with Gasteiger partial charge in [-0.2, -0.15) is 15.5 Å². The van der Waals surface area contributed by atoms with Crippen molar-refractivity contribution in [1.82, 2.24) is 0 Å². The third-order valence-corrected chi connectivity index (χ3v) is 4.39. The summed E-state index contributed by atoms with van der Waals surface area (Å²) < 4.78 is 5.26. The van der Waals surface area contributed by atoms with E-state index in [9.17, 15) is 9.59 Å². The zero-order chi connectivity index (χ0) is 21.1. The molecular formula is C23H25N3O3. The Morgan fingerprint density at radius 2 is 1.93 bits per heavy atom. The van der Waals surface area contributed by atoms with Gasteiger partial charge in [0.1, 0.15) is 0 Å². The Morgan fingerprint density at radius 3 is 2.62 bits per heavy atom. The number of ether oxygens (including phenoxy) is 1. The molecule has 150 valence electrons. The van der Waals surface area contributed by atoms with Gasteiger partial charge in [0.25, 0.3) is 0 Å². The highest BCUT2D eigenvalue weighted by atomic mass is 16.5. The maximum absolute atomic E-state index is 12.1. The number of nitrogens with zero attached hydrogens (tertiary/aromatic N) is 3. The van der Waals surface area contributed by atoms with Gasteiger partial charge in [-0.15, -0.1) is 0 Å². The van der Waals surface area contributed by atoms with Crippen molar-refractivity contribution >= 4 is 17.4 Å². The summed E-state index contributed by atoms with van der Waals surface area (Å²) >= 11 is 0. The summed E-state index contributed by atoms with van der Waals surface area (Å²) in [5.41, 5.74) is 2.64. The number of esters is 1. The minimum Gasteiger partial charge on any atom is -0.462 e. The SMILES string of the molecule is C=C(CC1=C(N=Nc2ccc(C#N)cc2)C=CC(=O)C1)C(=O)OCCCCCC. The van der Waals surface area contributed by atoms with Crippen LogP contribution in [0.4, 0.5) is 5.69 Å². The second kappa shape index (κ2) is 11.5. The number of nitriles is 1. The van der Waals surface area contributed by atoms with Crippen molar-refractivity contribution in [3.8, 4) is 6.07 Å². The molecule has 0 unspecified atom stereocenters. The normalized spacial score (nSPS) is 13.6. The molecule has 29 heavy (non-hydrogen) atoms. The van der Waals surface area contributed by atoms with Gasteiger partial charge in [-0.25, -0.2) is 4.79 Å². The number of rotatable bonds is 10. The summed E-state index contributed by atoms with van der Waals surface area (Å²) in [5, 5.41) is 17.2. The van der Waals surface area contributed by atoms with Gasteiger partial charge in [0.2, 0.25) is 0 Å². The average Bonchev–Trinajstić information content (AvgIpc) is 2.73. The molecule has 1 aromatic carbocycles. The smallest absolute Gasteiger partial charge is 0.333 e. The minimum absolute atomic E-state index is 0.0574. The molecular weight excluding hydrogens is 366 g/mol. The fourth-order valence-electron chi connectivity index (χ4n) is 2.75. The molecule has 0 atom stereocenters. The van der Waals surface area contributed by atoms with Crippen molar-refractivity contribution in [1.29, 1.82) is 5.26 Å². The number of benzene rings is 1. The highest BCUT2D eigenvalue weighted by Gasteiger charge is 2.18. The first kappa shape index (κ1) is 22.0. The standard InChI is InChI=1S/C23H25N3O3/c1-3-4-5-6-13-29-23(28)17(2)14-19-15-21(27)11-12-22(19)26-25-20-9-7-18(16-24)8-10-20/h7-12H,2-6,13-15H2,1H3. The van der Waals surface area contributed by atoms with Gasteiger partial charge in [0, 0.05) is 18.4 Å². The van der Waals surface area contributed by atoms with Crippen LogP contribution in [0.25, 0.3) is 0 Å². The van der Waals surface area contributed by atoms with Crippen LogP contribution >= 0.6 is 0 Å². The molecule has 0 bridgehead atoms. The summed E-state index contributed by atoms with van der Waals surface area (Å²) in [5.74, 6) is -0.502. The quantitative estimate of drug-likeness (QED) is 0.228. The van der Waals surface area contributed by atoms with Crippen LogP contribution in [-0.4, -0.2) is 18.4 Å². The Kier molecular flexibility index (Phi) is 8.71. The van der Waals surface area contributed by atoms with Crippen LogP contribution in [-0.2, 0) is 14.3 Å². The van der Waals surface area contributed by atoms with Crippen molar-refractivity contribution < 1.29 is 14.3 Å². The van der Waals surface area contributed by atoms with Crippen molar-refractivity contribution in [3.63, 3.8) is 0 Å². The Labute approximate surface area is 171 Å². The first-order chi connectivity index (χ1) is 14.0. The molecule has 1 aromatic rings. The first-order valence-electron chi connectivity index (χ1n) is 9.73. The molecule has 0 spiro atoms. The number of carbonyl (C=O) groups is 2. The van der Waals surface area contributed by atoms with Gasteiger partial charge in [0.05, 0.1) is 29.6 Å². The van der Waals surface area contributed by atoms with E-state index in [1.54, 1.807) is 30.3 Å². The van der Waals surface area contributed by atoms with E-state index < -0.39 is 5.97 Å². The van der Waals surface area contributed by atoms with Crippen molar-refractivity contribution in [2.75, 3.05) is 6.61 Å². The summed E-state index contributed by atoms with van der Waals surface area (Å²) in [6, 6.07) is 8.73. The molecule has 0 aromatic heterocycles. The van der Waals surface area contributed by atoms with Crippen LogP contribution in [0, 0.1) is 11.3 Å². The number of hydrogen-bond acceptors (Lipinski definition) is 6. The molecule has 0 amide bonds. The monoisotopic (exact) mass is 391 g/mol. The second-order valence-corrected chi connectivity index (χ2v) is 6.80. The zero-order valence-electron chi connectivity index (χ0n) is 16.7. The van der Waals surface area contributed by atoms with Gasteiger partial charge in [-0.05, 0) is 48.4 Å². The number of ketones is 1. The lowest BCUT2D eigenvalue weighted by Crippen LogP contribution is -2.11. The predicted octanol–water partition coefficient (Wildman–Crippen LogP) is 5.49. The van der Waals surface area contributed by atoms with Crippen molar-refractivity contribution in [2.24, 2.45) is 10.2 Å². The Balaban J connectivity index is 2.02. The summed E-state index contributed by atoms with van der Waals surface area (Å²) in [6.45, 7) is 6.31. The van der Waals surface area contributed by atoms with E-state index in [4.69, 9.17) is 10.00 Å². The molecule has 0 saturated heterocycles. The molecule has 1 aliphatic carbocycles. The van der Waals surface area contributed by atoms with E-state index in [1.807, 2.05) is 6.07 Å². The van der Waals surface area contributed by atoms with Crippen LogP contribution in [0.15, 0.2) is 70.1 Å². The van der Waals surface area contributed by atoms with E-state index in [-0.39, 0.29) is 18.6 Å². The molecule has 0 aliphatic heterocycles. The highest BCUT2D eigenvalue weighted by molar-refractivity contribution is 5.94. The summed E-state index contributed by atoms with van der Waals surface area (Å²) in [4.78, 5) is 24.0. The molecule has 6 nitrogen and oxygen atoms in total. The summed E-state index contributed by atoms with van der Waals surface area (Å²) in [6.07, 6.45) is 7.53. The van der Waals surface area contributed by atoms with Crippen LogP contribution in [0.2, 0.25) is 0 Å². The number of unbranched alkanes of at least 4 members (excludes halogenated alkanes) is 3. The molecule has 2 rings (SSSR count). The number of allylic oxidation sites excluding steroid dienone is 3. The molecule has 0 fully saturated rings. The average molecular weight is 391 g/mol. The van der Waals surface area contributed by atoms with Crippen LogP contribution in [0.5, 0.6) is 0 Å². The Morgan fingerprint density at radius 1 is 1.17 bits per heavy atom. The van der Waals surface area contributed by atoms with Crippen molar-refractivity contribution in [2.45, 2.75) is 45.4 Å². The number of azo groups is 1. The maximum atomic E-state index is 12.1. The van der Waals surface area contributed by atoms with Gasteiger partial charge in [-0.1, -0.05) is 32.8 Å². The molecule has 1 aliphatic rings. The maximum Gasteiger partial charge on any atom is 0.333 e. The van der Waals surface area contributed by atoms with Gasteiger partial charge >= 0.3 is 5.97 Å². The molecule has 0 saturated carbocycles. The van der Waals surface area contributed by atoms with Crippen LogP contribution in [0.3, 0.4) is 0 Å². The number of hydrogen-bond donors (Lipinski definition) is 0. The fourth-order valence-corrected chi connectivity index (χ4v) is 2.75. The van der Waals surface area contributed by atoms with E-state index in [2.05, 4.69) is 23.7 Å².